The van der Waals surface area contributed by atoms with Crippen molar-refractivity contribution in [2.75, 3.05) is 19.8 Å². The van der Waals surface area contributed by atoms with Gasteiger partial charge in [-0.15, -0.1) is 0 Å². The average molecular weight is 373 g/mol. The molecule has 0 N–H and O–H groups in total. The maximum atomic E-state index is 12.7. The predicted molar refractivity (Wildman–Crippen MR) is 101 cm³/mol. The number of benzene rings is 2. The smallest absolute Gasteiger partial charge is 0.254 e. The predicted octanol–water partition coefficient (Wildman–Crippen LogP) is 2.67. The molecule has 26 heavy (non-hydrogen) atoms. The number of nitrogens with zero attached hydrogens (tertiary/aromatic N) is 1. The van der Waals surface area contributed by atoms with Gasteiger partial charge in [0.25, 0.3) is 5.91 Å². The number of carbonyl (C=O) groups excluding carboxylic acids is 2. The lowest BCUT2D eigenvalue weighted by molar-refractivity contribution is -0.118. The molecule has 0 saturated carbocycles. The van der Waals surface area contributed by atoms with Crippen molar-refractivity contribution in [3.05, 3.63) is 65.2 Å². The molecule has 0 aliphatic heterocycles. The lowest BCUT2D eigenvalue weighted by atomic mass is 10.1. The zero-order valence-electron chi connectivity index (χ0n) is 15.2. The minimum atomic E-state index is -3.73. The van der Waals surface area contributed by atoms with E-state index in [0.29, 0.717) is 0 Å². The molecule has 2 rings (SSSR count). The molecule has 0 bridgehead atoms. The van der Waals surface area contributed by atoms with Crippen LogP contribution < -0.4 is 0 Å². The van der Waals surface area contributed by atoms with Crippen LogP contribution in [0.4, 0.5) is 0 Å². The minimum absolute atomic E-state index is 0.0261. The Morgan fingerprint density at radius 2 is 1.58 bits per heavy atom. The normalized spacial score (nSPS) is 11.2. The first kappa shape index (κ1) is 19.8. The molecule has 0 spiro atoms. The van der Waals surface area contributed by atoms with Gasteiger partial charge in [0.1, 0.15) is 5.78 Å². The lowest BCUT2D eigenvalue weighted by Gasteiger charge is -2.14. The number of hydrogen-bond acceptors (Lipinski definition) is 4. The molecule has 5 nitrogen and oxygen atoms in total. The highest BCUT2D eigenvalue weighted by Gasteiger charge is 2.23. The van der Waals surface area contributed by atoms with Crippen molar-refractivity contribution in [3.8, 4) is 0 Å². The molecule has 1 amide bonds. The van der Waals surface area contributed by atoms with Gasteiger partial charge >= 0.3 is 0 Å². The summed E-state index contributed by atoms with van der Waals surface area (Å²) in [5.41, 5.74) is 2.09. The van der Waals surface area contributed by atoms with E-state index >= 15 is 0 Å². The van der Waals surface area contributed by atoms with Crippen molar-refractivity contribution in [1.29, 1.82) is 0 Å². The zero-order chi connectivity index (χ0) is 19.3. The van der Waals surface area contributed by atoms with E-state index in [1.165, 1.54) is 17.0 Å². The molecular formula is C20H23NO4S. The van der Waals surface area contributed by atoms with Crippen molar-refractivity contribution in [3.63, 3.8) is 0 Å². The van der Waals surface area contributed by atoms with Gasteiger partial charge in [0.2, 0.25) is 0 Å². The Balaban J connectivity index is 2.10. The molecular weight excluding hydrogens is 350 g/mol. The fraction of sp³-hybridized carbons (Fsp3) is 0.300. The van der Waals surface area contributed by atoms with Crippen LogP contribution in [0.2, 0.25) is 0 Å². The van der Waals surface area contributed by atoms with Crippen LogP contribution in [0.3, 0.4) is 0 Å². The molecule has 0 fully saturated rings. The molecule has 0 atom stereocenters. The molecule has 0 saturated heterocycles. The number of carbonyl (C=O) groups is 2. The van der Waals surface area contributed by atoms with Crippen LogP contribution in [0.5, 0.6) is 0 Å². The first-order valence-electron chi connectivity index (χ1n) is 8.31. The maximum Gasteiger partial charge on any atom is 0.254 e. The Kier molecular flexibility index (Phi) is 6.32. The highest BCUT2D eigenvalue weighted by atomic mass is 32.2. The Morgan fingerprint density at radius 1 is 0.962 bits per heavy atom. The molecule has 0 heterocycles. The number of aryl methyl sites for hydroxylation is 1. The standard InChI is InChI=1S/C20H23NO4S/c1-15-8-10-16(11-9-15)14-17(22)12-13-26(24,25)19-7-5-4-6-18(19)20(23)21(2)3/h4-11H,12-14H2,1-3H3. The first-order valence-corrected chi connectivity index (χ1v) is 9.96. The van der Waals surface area contributed by atoms with Gasteiger partial charge in [-0.05, 0) is 24.6 Å². The lowest BCUT2D eigenvalue weighted by Crippen LogP contribution is -2.24. The van der Waals surface area contributed by atoms with E-state index in [1.54, 1.807) is 26.2 Å². The molecule has 0 radical (unpaired) electrons. The minimum Gasteiger partial charge on any atom is -0.345 e. The van der Waals surface area contributed by atoms with Gasteiger partial charge in [-0.25, -0.2) is 8.42 Å². The number of Topliss-reactive ketones (excluding diaryl/α,β-unsaturated/α-hetero) is 1. The van der Waals surface area contributed by atoms with Crippen LogP contribution in [0.15, 0.2) is 53.4 Å². The van der Waals surface area contributed by atoms with Crippen molar-refractivity contribution < 1.29 is 18.0 Å². The second-order valence-corrected chi connectivity index (χ2v) is 8.54. The Labute approximate surface area is 154 Å². The number of amides is 1. The molecule has 0 aliphatic rings. The summed E-state index contributed by atoms with van der Waals surface area (Å²) in [5, 5.41) is 0. The summed E-state index contributed by atoms with van der Waals surface area (Å²) in [6.07, 6.45) is 0.120. The van der Waals surface area contributed by atoms with E-state index in [4.69, 9.17) is 0 Å². The van der Waals surface area contributed by atoms with E-state index < -0.39 is 9.84 Å². The quantitative estimate of drug-likeness (QED) is 0.748. The molecule has 2 aromatic carbocycles. The fourth-order valence-corrected chi connectivity index (χ4v) is 4.03. The van der Waals surface area contributed by atoms with Crippen LogP contribution >= 0.6 is 0 Å². The van der Waals surface area contributed by atoms with Gasteiger partial charge in [0.15, 0.2) is 9.84 Å². The highest BCUT2D eigenvalue weighted by Crippen LogP contribution is 2.19. The second kappa shape index (κ2) is 8.27. The fourth-order valence-electron chi connectivity index (χ4n) is 2.54. The third-order valence-corrected chi connectivity index (χ3v) is 5.80. The van der Waals surface area contributed by atoms with Gasteiger partial charge in [0.05, 0.1) is 16.2 Å². The van der Waals surface area contributed by atoms with Crippen LogP contribution in [0.1, 0.15) is 27.9 Å². The SMILES string of the molecule is Cc1ccc(CC(=O)CCS(=O)(=O)c2ccccc2C(=O)N(C)C)cc1. The van der Waals surface area contributed by atoms with Gasteiger partial charge in [0, 0.05) is 26.9 Å². The van der Waals surface area contributed by atoms with Crippen LogP contribution in [0.25, 0.3) is 0 Å². The zero-order valence-corrected chi connectivity index (χ0v) is 16.0. The Hall–Kier alpha value is -2.47. The highest BCUT2D eigenvalue weighted by molar-refractivity contribution is 7.91. The second-order valence-electron chi connectivity index (χ2n) is 6.47. The number of ketones is 1. The van der Waals surface area contributed by atoms with Crippen molar-refractivity contribution in [2.24, 2.45) is 0 Å². The summed E-state index contributed by atoms with van der Waals surface area (Å²) < 4.78 is 25.3. The van der Waals surface area contributed by atoms with Crippen LogP contribution in [0, 0.1) is 6.92 Å². The van der Waals surface area contributed by atoms with Crippen molar-refractivity contribution >= 4 is 21.5 Å². The molecule has 138 valence electrons. The Morgan fingerprint density at radius 3 is 2.19 bits per heavy atom. The summed E-state index contributed by atoms with van der Waals surface area (Å²) in [6, 6.07) is 13.7. The van der Waals surface area contributed by atoms with Gasteiger partial charge in [-0.1, -0.05) is 42.0 Å². The van der Waals surface area contributed by atoms with Crippen molar-refractivity contribution in [1.82, 2.24) is 4.90 Å². The van der Waals surface area contributed by atoms with Gasteiger partial charge in [-0.3, -0.25) is 9.59 Å². The summed E-state index contributed by atoms with van der Waals surface area (Å²) >= 11 is 0. The van der Waals surface area contributed by atoms with E-state index in [9.17, 15) is 18.0 Å². The van der Waals surface area contributed by atoms with Crippen molar-refractivity contribution in [2.45, 2.75) is 24.7 Å². The number of sulfone groups is 1. The number of hydrogen-bond donors (Lipinski definition) is 0. The van der Waals surface area contributed by atoms with E-state index in [1.807, 2.05) is 31.2 Å². The monoisotopic (exact) mass is 373 g/mol. The summed E-state index contributed by atoms with van der Waals surface area (Å²) in [7, 11) is -0.599. The summed E-state index contributed by atoms with van der Waals surface area (Å²) in [5.74, 6) is -0.834. The molecule has 6 heteroatoms. The van der Waals surface area contributed by atoms with Crippen LogP contribution in [-0.2, 0) is 21.1 Å². The molecule has 2 aromatic rings. The first-order chi connectivity index (χ1) is 12.2. The largest absolute Gasteiger partial charge is 0.345 e. The van der Waals surface area contributed by atoms with Gasteiger partial charge in [-0.2, -0.15) is 0 Å². The molecule has 0 aliphatic carbocycles. The van der Waals surface area contributed by atoms with Gasteiger partial charge < -0.3 is 4.90 Å². The summed E-state index contributed by atoms with van der Waals surface area (Å²) in [6.45, 7) is 1.96. The molecule has 0 aromatic heterocycles. The Bertz CT molecular complexity index is 900. The maximum absolute atomic E-state index is 12.7. The average Bonchev–Trinajstić information content (AvgIpc) is 2.61. The van der Waals surface area contributed by atoms with E-state index in [0.717, 1.165) is 11.1 Å². The number of rotatable bonds is 7. The van der Waals surface area contributed by atoms with E-state index in [2.05, 4.69) is 0 Å². The summed E-state index contributed by atoms with van der Waals surface area (Å²) in [4.78, 5) is 25.7. The topological polar surface area (TPSA) is 71.5 Å². The van der Waals surface area contributed by atoms with Crippen LogP contribution in [-0.4, -0.2) is 44.9 Å². The third-order valence-electron chi connectivity index (χ3n) is 4.03. The molecule has 0 unspecified atom stereocenters. The van der Waals surface area contributed by atoms with E-state index in [-0.39, 0.29) is 40.7 Å². The third kappa shape index (κ3) is 5.02.